The van der Waals surface area contributed by atoms with Crippen LogP contribution in [0.3, 0.4) is 0 Å². The second-order valence-electron chi connectivity index (χ2n) is 6.36. The van der Waals surface area contributed by atoms with Gasteiger partial charge in [0.25, 0.3) is 0 Å². The third kappa shape index (κ3) is 4.58. The molecule has 2 aromatic rings. The van der Waals surface area contributed by atoms with E-state index in [9.17, 15) is 4.79 Å². The van der Waals surface area contributed by atoms with Crippen molar-refractivity contribution in [3.05, 3.63) is 27.5 Å². The summed E-state index contributed by atoms with van der Waals surface area (Å²) in [6, 6.07) is 0. The Kier molecular flexibility index (Phi) is 6.06. The fourth-order valence-electron chi connectivity index (χ4n) is 3.16. The number of fused-ring (bicyclic) bond motifs is 1. The third-order valence-electron chi connectivity index (χ3n) is 4.53. The van der Waals surface area contributed by atoms with E-state index in [1.807, 2.05) is 20.1 Å². The van der Waals surface area contributed by atoms with E-state index in [0.29, 0.717) is 12.8 Å². The molecule has 1 aliphatic carbocycles. The van der Waals surface area contributed by atoms with Crippen LogP contribution in [0.25, 0.3) is 0 Å². The summed E-state index contributed by atoms with van der Waals surface area (Å²) >= 11 is 3.18. The first-order chi connectivity index (χ1) is 12.1. The zero-order valence-electron chi connectivity index (χ0n) is 15.0. The number of rotatable bonds is 5. The smallest absolute Gasteiger partial charge is 0.226 e. The van der Waals surface area contributed by atoms with Crippen LogP contribution in [0.1, 0.15) is 53.2 Å². The molecule has 0 aromatic carbocycles. The van der Waals surface area contributed by atoms with Crippen LogP contribution in [0.15, 0.2) is 5.16 Å². The molecule has 1 amide bonds. The molecular formula is C18H24N4OS2. The molecule has 0 atom stereocenters. The molecule has 0 saturated carbocycles. The van der Waals surface area contributed by atoms with Crippen LogP contribution >= 0.6 is 23.1 Å². The molecule has 0 unspecified atom stereocenters. The van der Waals surface area contributed by atoms with E-state index < -0.39 is 0 Å². The second-order valence-corrected chi connectivity index (χ2v) is 8.21. The summed E-state index contributed by atoms with van der Waals surface area (Å²) < 4.78 is 0. The van der Waals surface area contributed by atoms with Crippen molar-refractivity contribution in [2.75, 3.05) is 11.6 Å². The van der Waals surface area contributed by atoms with Crippen LogP contribution < -0.4 is 5.32 Å². The number of carbonyl (C=O) groups is 1. The Morgan fingerprint density at radius 2 is 1.84 bits per heavy atom. The summed E-state index contributed by atoms with van der Waals surface area (Å²) in [5, 5.41) is 4.51. The number of hydrogen-bond acceptors (Lipinski definition) is 6. The Hall–Kier alpha value is -1.47. The second kappa shape index (κ2) is 8.27. The van der Waals surface area contributed by atoms with E-state index in [4.69, 9.17) is 0 Å². The summed E-state index contributed by atoms with van der Waals surface area (Å²) in [6.45, 7) is 3.97. The Labute approximate surface area is 157 Å². The van der Waals surface area contributed by atoms with Gasteiger partial charge in [0.1, 0.15) is 0 Å². The van der Waals surface area contributed by atoms with Gasteiger partial charge in [0.2, 0.25) is 5.91 Å². The predicted molar refractivity (Wildman–Crippen MR) is 104 cm³/mol. The van der Waals surface area contributed by atoms with E-state index in [1.165, 1.54) is 41.6 Å². The molecule has 0 bridgehead atoms. The molecule has 1 N–H and O–H groups in total. The number of carbonyl (C=O) groups excluding carboxylic acids is 1. The lowest BCUT2D eigenvalue weighted by Crippen LogP contribution is -2.13. The van der Waals surface area contributed by atoms with Gasteiger partial charge in [-0.15, -0.1) is 11.3 Å². The van der Waals surface area contributed by atoms with Crippen molar-refractivity contribution in [3.8, 4) is 0 Å². The van der Waals surface area contributed by atoms with Gasteiger partial charge < -0.3 is 5.32 Å². The van der Waals surface area contributed by atoms with E-state index >= 15 is 0 Å². The lowest BCUT2D eigenvalue weighted by atomic mass is 10.1. The highest BCUT2D eigenvalue weighted by Crippen LogP contribution is 2.29. The van der Waals surface area contributed by atoms with Gasteiger partial charge in [-0.3, -0.25) is 4.79 Å². The van der Waals surface area contributed by atoms with Crippen LogP contribution in [0, 0.1) is 13.8 Å². The van der Waals surface area contributed by atoms with E-state index in [1.54, 1.807) is 11.3 Å². The van der Waals surface area contributed by atoms with E-state index in [-0.39, 0.29) is 5.91 Å². The maximum atomic E-state index is 12.3. The normalized spacial score (nSPS) is 14.0. The summed E-state index contributed by atoms with van der Waals surface area (Å²) in [6.07, 6.45) is 8.90. The molecule has 3 rings (SSSR count). The molecule has 0 radical (unpaired) electrons. The van der Waals surface area contributed by atoms with Crippen LogP contribution in [0.4, 0.5) is 5.13 Å². The average Bonchev–Trinajstić information content (AvgIpc) is 2.82. The minimum atomic E-state index is 0.0108. The monoisotopic (exact) mass is 376 g/mol. The van der Waals surface area contributed by atoms with Crippen molar-refractivity contribution in [1.29, 1.82) is 0 Å². The first-order valence-electron chi connectivity index (χ1n) is 8.73. The minimum absolute atomic E-state index is 0.0108. The van der Waals surface area contributed by atoms with Gasteiger partial charge in [-0.2, -0.15) is 0 Å². The number of nitrogens with one attached hydrogen (secondary N) is 1. The Balaban J connectivity index is 1.60. The fourth-order valence-corrected chi connectivity index (χ4v) is 4.69. The van der Waals surface area contributed by atoms with Gasteiger partial charge in [0, 0.05) is 22.7 Å². The Bertz CT molecular complexity index is 726. The van der Waals surface area contributed by atoms with Crippen molar-refractivity contribution in [2.24, 2.45) is 0 Å². The summed E-state index contributed by atoms with van der Waals surface area (Å²) in [5.74, 6) is 0.0108. The zero-order chi connectivity index (χ0) is 17.8. The van der Waals surface area contributed by atoms with Crippen LogP contribution in [0.2, 0.25) is 0 Å². The van der Waals surface area contributed by atoms with Gasteiger partial charge in [-0.25, -0.2) is 15.0 Å². The van der Waals surface area contributed by atoms with Crippen molar-refractivity contribution >= 4 is 34.1 Å². The molecule has 25 heavy (non-hydrogen) atoms. The summed E-state index contributed by atoms with van der Waals surface area (Å²) in [5.41, 5.74) is 4.18. The highest BCUT2D eigenvalue weighted by atomic mass is 32.2. The molecule has 0 spiro atoms. The molecule has 134 valence electrons. The average molecular weight is 377 g/mol. The SMILES string of the molecule is CSc1nc(C)c(CCC(=O)Nc2nc3c(s2)CCCCC3)c(C)n1. The quantitative estimate of drug-likeness (QED) is 0.483. The number of aromatic nitrogens is 3. The fraction of sp³-hybridized carbons (Fsp3) is 0.556. The van der Waals surface area contributed by atoms with Crippen molar-refractivity contribution < 1.29 is 4.79 Å². The van der Waals surface area contributed by atoms with Crippen LogP contribution in [0.5, 0.6) is 0 Å². The third-order valence-corrected chi connectivity index (χ3v) is 6.15. The summed E-state index contributed by atoms with van der Waals surface area (Å²) in [7, 11) is 0. The van der Waals surface area contributed by atoms with Gasteiger partial charge >= 0.3 is 0 Å². The van der Waals surface area contributed by atoms with Crippen molar-refractivity contribution in [2.45, 2.75) is 63.9 Å². The number of amides is 1. The highest BCUT2D eigenvalue weighted by Gasteiger charge is 2.16. The molecule has 2 aromatic heterocycles. The maximum absolute atomic E-state index is 12.3. The van der Waals surface area contributed by atoms with E-state index in [0.717, 1.165) is 40.1 Å². The molecule has 0 saturated heterocycles. The van der Waals surface area contributed by atoms with Crippen LogP contribution in [-0.4, -0.2) is 27.1 Å². The standard InChI is InChI=1S/C18H24N4OS2/c1-11-13(12(2)20-17(19-11)24-3)9-10-16(23)22-18-21-14-7-5-4-6-8-15(14)25-18/h4-10H2,1-3H3,(H,21,22,23). The molecule has 2 heterocycles. The molecular weight excluding hydrogens is 352 g/mol. The summed E-state index contributed by atoms with van der Waals surface area (Å²) in [4.78, 5) is 27.2. The Morgan fingerprint density at radius 3 is 2.56 bits per heavy atom. The highest BCUT2D eigenvalue weighted by molar-refractivity contribution is 7.98. The predicted octanol–water partition coefficient (Wildman–Crippen LogP) is 4.11. The lowest BCUT2D eigenvalue weighted by molar-refractivity contribution is -0.116. The van der Waals surface area contributed by atoms with Crippen LogP contribution in [-0.2, 0) is 24.1 Å². The molecule has 0 aliphatic heterocycles. The van der Waals surface area contributed by atoms with Gasteiger partial charge in [-0.1, -0.05) is 18.2 Å². The van der Waals surface area contributed by atoms with Crippen molar-refractivity contribution in [1.82, 2.24) is 15.0 Å². The van der Waals surface area contributed by atoms with E-state index in [2.05, 4.69) is 20.3 Å². The largest absolute Gasteiger partial charge is 0.302 e. The number of anilines is 1. The number of aryl methyl sites for hydroxylation is 4. The molecule has 7 heteroatoms. The molecule has 0 fully saturated rings. The maximum Gasteiger partial charge on any atom is 0.226 e. The first-order valence-corrected chi connectivity index (χ1v) is 10.8. The topological polar surface area (TPSA) is 67.8 Å². The number of thiazole rings is 1. The number of nitrogens with zero attached hydrogens (tertiary/aromatic N) is 3. The molecule has 1 aliphatic rings. The van der Waals surface area contributed by atoms with Gasteiger partial charge in [0.05, 0.1) is 5.69 Å². The van der Waals surface area contributed by atoms with Gasteiger partial charge in [0.15, 0.2) is 10.3 Å². The van der Waals surface area contributed by atoms with Gasteiger partial charge in [-0.05, 0) is 57.8 Å². The molecule has 5 nitrogen and oxygen atoms in total. The minimum Gasteiger partial charge on any atom is -0.302 e. The lowest BCUT2D eigenvalue weighted by Gasteiger charge is -2.09. The Morgan fingerprint density at radius 1 is 1.12 bits per heavy atom. The number of thioether (sulfide) groups is 1. The number of hydrogen-bond donors (Lipinski definition) is 1. The van der Waals surface area contributed by atoms with Crippen molar-refractivity contribution in [3.63, 3.8) is 0 Å². The first kappa shape index (κ1) is 18.3. The zero-order valence-corrected chi connectivity index (χ0v) is 16.6.